The van der Waals surface area contributed by atoms with E-state index in [1.54, 1.807) is 0 Å². The number of ketones is 1. The zero-order valence-electron chi connectivity index (χ0n) is 19.9. The van der Waals surface area contributed by atoms with Crippen molar-refractivity contribution in [3.05, 3.63) is 45.8 Å². The van der Waals surface area contributed by atoms with Crippen LogP contribution in [-0.4, -0.2) is 42.4 Å². The van der Waals surface area contributed by atoms with E-state index in [0.717, 1.165) is 60.4 Å². The fourth-order valence-electron chi connectivity index (χ4n) is 5.85. The number of carbonyl (C=O) groups excluding carboxylic acids is 2. The Balaban J connectivity index is 1.77. The molecule has 1 amide bonds. The molecule has 2 aliphatic heterocycles. The summed E-state index contributed by atoms with van der Waals surface area (Å²) in [5.74, 6) is 0.293. The molecular formula is C26H35N4O2+. The number of hydrogen-bond donors (Lipinski definition) is 3. The van der Waals surface area contributed by atoms with E-state index in [0.29, 0.717) is 18.7 Å². The highest BCUT2D eigenvalue weighted by Crippen LogP contribution is 2.41. The van der Waals surface area contributed by atoms with Gasteiger partial charge in [0.05, 0.1) is 24.8 Å². The molecule has 5 rings (SSSR count). The highest BCUT2D eigenvalue weighted by molar-refractivity contribution is 6.03. The van der Waals surface area contributed by atoms with E-state index < -0.39 is 0 Å². The number of anilines is 1. The van der Waals surface area contributed by atoms with Gasteiger partial charge in [0.25, 0.3) is 5.91 Å². The standard InChI is InChI=1S/C26H34N4O2/c1-15(2)28-19-11-17(10-16-6-8-27-25(32)23(16)19)30-20-12-26(3,4)13-22(31)24(20)18-7-9-29(5)14-21(18)30/h10-11,15,28H,6-9,12-14H2,1-5H3,(H,27,32)/p+1. The van der Waals surface area contributed by atoms with Crippen LogP contribution in [0.5, 0.6) is 0 Å². The van der Waals surface area contributed by atoms with E-state index in [-0.39, 0.29) is 17.4 Å². The molecule has 0 radical (unpaired) electrons. The Morgan fingerprint density at radius 1 is 1.09 bits per heavy atom. The molecule has 0 saturated carbocycles. The normalized spacial score (nSPS) is 21.6. The van der Waals surface area contributed by atoms with Gasteiger partial charge in [-0.3, -0.25) is 9.59 Å². The van der Waals surface area contributed by atoms with Gasteiger partial charge in [-0.05, 0) is 55.4 Å². The number of fused-ring (bicyclic) bond motifs is 4. The number of amides is 1. The van der Waals surface area contributed by atoms with Crippen molar-refractivity contribution < 1.29 is 14.5 Å². The first kappa shape index (κ1) is 21.3. The number of carbonyl (C=O) groups is 2. The van der Waals surface area contributed by atoms with E-state index in [1.807, 2.05) is 0 Å². The first-order chi connectivity index (χ1) is 15.1. The van der Waals surface area contributed by atoms with Crippen molar-refractivity contribution in [2.45, 2.75) is 66.0 Å². The van der Waals surface area contributed by atoms with E-state index >= 15 is 0 Å². The highest BCUT2D eigenvalue weighted by atomic mass is 16.1. The molecule has 3 heterocycles. The second-order valence-corrected chi connectivity index (χ2v) is 11.0. The third-order valence-electron chi connectivity index (χ3n) is 7.13. The van der Waals surface area contributed by atoms with Crippen LogP contribution in [0, 0.1) is 5.41 Å². The predicted molar refractivity (Wildman–Crippen MR) is 126 cm³/mol. The molecule has 3 N–H and O–H groups in total. The minimum absolute atomic E-state index is 0.00185. The molecule has 0 bridgehead atoms. The zero-order chi connectivity index (χ0) is 22.8. The summed E-state index contributed by atoms with van der Waals surface area (Å²) in [6.45, 7) is 11.2. The summed E-state index contributed by atoms with van der Waals surface area (Å²) in [4.78, 5) is 27.5. The molecule has 170 valence electrons. The second kappa shape index (κ2) is 7.48. The smallest absolute Gasteiger partial charge is 0.253 e. The zero-order valence-corrected chi connectivity index (χ0v) is 19.9. The Bertz CT molecular complexity index is 1130. The van der Waals surface area contributed by atoms with Gasteiger partial charge in [-0.1, -0.05) is 13.8 Å². The number of quaternary nitrogens is 1. The Hall–Kier alpha value is -2.60. The van der Waals surface area contributed by atoms with Gasteiger partial charge in [0, 0.05) is 48.1 Å². The minimum atomic E-state index is -0.0470. The molecular weight excluding hydrogens is 400 g/mol. The molecule has 1 atom stereocenters. The number of nitrogens with one attached hydrogen (secondary N) is 3. The number of nitrogens with zero attached hydrogens (tertiary/aromatic N) is 1. The lowest BCUT2D eigenvalue weighted by atomic mass is 9.75. The molecule has 0 spiro atoms. The van der Waals surface area contributed by atoms with Gasteiger partial charge in [0.1, 0.15) is 6.54 Å². The number of hydrogen-bond acceptors (Lipinski definition) is 3. The first-order valence-electron chi connectivity index (χ1n) is 12.0. The Kier molecular flexibility index (Phi) is 4.97. The minimum Gasteiger partial charge on any atom is -0.382 e. The van der Waals surface area contributed by atoms with E-state index in [2.05, 4.69) is 62.1 Å². The van der Waals surface area contributed by atoms with Gasteiger partial charge in [0.15, 0.2) is 5.78 Å². The topological polar surface area (TPSA) is 67.6 Å². The predicted octanol–water partition coefficient (Wildman–Crippen LogP) is 2.31. The Morgan fingerprint density at radius 2 is 1.88 bits per heavy atom. The van der Waals surface area contributed by atoms with Crippen molar-refractivity contribution >= 4 is 17.4 Å². The fraction of sp³-hybridized carbons (Fsp3) is 0.538. The highest BCUT2D eigenvalue weighted by Gasteiger charge is 2.40. The van der Waals surface area contributed by atoms with Crippen LogP contribution < -0.4 is 15.5 Å². The summed E-state index contributed by atoms with van der Waals surface area (Å²) in [5.41, 5.74) is 8.47. The maximum atomic E-state index is 13.3. The van der Waals surface area contributed by atoms with Crippen LogP contribution in [-0.2, 0) is 25.8 Å². The van der Waals surface area contributed by atoms with Gasteiger partial charge in [-0.2, -0.15) is 0 Å². The number of Topliss-reactive ketones (excluding diaryl/α,β-unsaturated/α-hetero) is 1. The van der Waals surface area contributed by atoms with Gasteiger partial charge in [-0.25, -0.2) is 0 Å². The van der Waals surface area contributed by atoms with Crippen molar-refractivity contribution in [1.29, 1.82) is 0 Å². The van der Waals surface area contributed by atoms with Crippen molar-refractivity contribution in [2.24, 2.45) is 5.41 Å². The molecule has 6 nitrogen and oxygen atoms in total. The monoisotopic (exact) mass is 435 g/mol. The Labute approximate surface area is 190 Å². The maximum absolute atomic E-state index is 13.3. The van der Waals surface area contributed by atoms with Gasteiger partial charge < -0.3 is 20.1 Å². The first-order valence-corrected chi connectivity index (χ1v) is 12.0. The maximum Gasteiger partial charge on any atom is 0.253 e. The van der Waals surface area contributed by atoms with Crippen LogP contribution in [0.25, 0.3) is 5.69 Å². The van der Waals surface area contributed by atoms with Gasteiger partial charge >= 0.3 is 0 Å². The van der Waals surface area contributed by atoms with Crippen LogP contribution in [0.1, 0.15) is 77.3 Å². The average molecular weight is 436 g/mol. The summed E-state index contributed by atoms with van der Waals surface area (Å²) in [6, 6.07) is 4.53. The average Bonchev–Trinajstić information content (AvgIpc) is 2.99. The van der Waals surface area contributed by atoms with Crippen LogP contribution in [0.2, 0.25) is 0 Å². The summed E-state index contributed by atoms with van der Waals surface area (Å²) >= 11 is 0. The lowest BCUT2D eigenvalue weighted by Crippen LogP contribution is -3.08. The van der Waals surface area contributed by atoms with Crippen molar-refractivity contribution in [2.75, 3.05) is 25.5 Å². The molecule has 1 unspecified atom stereocenters. The Morgan fingerprint density at radius 3 is 2.62 bits per heavy atom. The number of rotatable bonds is 3. The largest absolute Gasteiger partial charge is 0.382 e. The fourth-order valence-corrected chi connectivity index (χ4v) is 5.85. The molecule has 1 aromatic carbocycles. The van der Waals surface area contributed by atoms with Crippen molar-refractivity contribution in [1.82, 2.24) is 9.88 Å². The number of benzene rings is 1. The van der Waals surface area contributed by atoms with Crippen molar-refractivity contribution in [3.8, 4) is 5.69 Å². The quantitative estimate of drug-likeness (QED) is 0.693. The third-order valence-corrected chi connectivity index (χ3v) is 7.13. The summed E-state index contributed by atoms with van der Waals surface area (Å²) in [6.07, 6.45) is 3.28. The third kappa shape index (κ3) is 3.45. The van der Waals surface area contributed by atoms with Crippen molar-refractivity contribution in [3.63, 3.8) is 0 Å². The van der Waals surface area contributed by atoms with Crippen LogP contribution in [0.4, 0.5) is 5.69 Å². The summed E-state index contributed by atoms with van der Waals surface area (Å²) in [7, 11) is 2.23. The second-order valence-electron chi connectivity index (χ2n) is 11.0. The van der Waals surface area contributed by atoms with E-state index in [4.69, 9.17) is 0 Å². The summed E-state index contributed by atoms with van der Waals surface area (Å²) < 4.78 is 2.38. The number of likely N-dealkylation sites (N-methyl/N-ethyl adjacent to an activating group) is 1. The van der Waals surface area contributed by atoms with E-state index in [1.165, 1.54) is 21.9 Å². The van der Waals surface area contributed by atoms with Crippen LogP contribution in [0.15, 0.2) is 12.1 Å². The van der Waals surface area contributed by atoms with E-state index in [9.17, 15) is 9.59 Å². The number of aromatic nitrogens is 1. The lowest BCUT2D eigenvalue weighted by Gasteiger charge is -2.30. The molecule has 2 aromatic rings. The molecule has 3 aliphatic rings. The lowest BCUT2D eigenvalue weighted by molar-refractivity contribution is -0.896. The van der Waals surface area contributed by atoms with Crippen LogP contribution in [0.3, 0.4) is 0 Å². The molecule has 6 heteroatoms. The molecule has 1 aliphatic carbocycles. The molecule has 0 fully saturated rings. The van der Waals surface area contributed by atoms with Gasteiger partial charge in [-0.15, -0.1) is 0 Å². The van der Waals surface area contributed by atoms with Gasteiger partial charge in [0.2, 0.25) is 0 Å². The molecule has 0 saturated heterocycles. The molecule has 1 aromatic heterocycles. The SMILES string of the molecule is CC(C)Nc1cc(-n2c3c(c4c2CC(C)(C)CC4=O)CC[NH+](C)C3)cc2c1C(=O)NCC2. The van der Waals surface area contributed by atoms with Crippen LogP contribution >= 0.6 is 0 Å². The molecule has 32 heavy (non-hydrogen) atoms. The summed E-state index contributed by atoms with van der Waals surface area (Å²) in [5, 5.41) is 6.51.